The predicted octanol–water partition coefficient (Wildman–Crippen LogP) is 1.87. The fourth-order valence-electron chi connectivity index (χ4n) is 4.08. The van der Waals surface area contributed by atoms with Crippen molar-refractivity contribution in [2.45, 2.75) is 63.6 Å². The van der Waals surface area contributed by atoms with E-state index in [-0.39, 0.29) is 12.0 Å². The van der Waals surface area contributed by atoms with Gasteiger partial charge in [-0.25, -0.2) is 14.3 Å². The Labute approximate surface area is 216 Å². The van der Waals surface area contributed by atoms with E-state index >= 15 is 0 Å². The third kappa shape index (κ3) is 7.87. The molecule has 1 spiro atoms. The normalized spacial score (nSPS) is 18.7. The Bertz CT molecular complexity index is 1270. The lowest BCUT2D eigenvalue weighted by Gasteiger charge is -2.25. The molecule has 1 atom stereocenters. The monoisotopic (exact) mass is 569 g/mol. The molecule has 4 rings (SSSR count). The van der Waals surface area contributed by atoms with Crippen molar-refractivity contribution in [2.75, 3.05) is 13.1 Å². The summed E-state index contributed by atoms with van der Waals surface area (Å²) in [4.78, 5) is 49.3. The third-order valence-electron chi connectivity index (χ3n) is 6.08. The minimum atomic E-state index is -5.08. The van der Waals surface area contributed by atoms with Crippen molar-refractivity contribution < 1.29 is 46.1 Å². The highest BCUT2D eigenvalue weighted by Gasteiger charge is 2.47. The van der Waals surface area contributed by atoms with Crippen molar-refractivity contribution in [3.05, 3.63) is 56.6 Å². The molecule has 0 bridgehead atoms. The molecule has 4 heterocycles. The molecule has 1 saturated heterocycles. The Morgan fingerprint density at radius 3 is 1.97 bits per heavy atom. The highest BCUT2D eigenvalue weighted by atomic mass is 19.4. The van der Waals surface area contributed by atoms with E-state index in [9.17, 15) is 35.9 Å². The first kappa shape index (κ1) is 31.5. The average Bonchev–Trinajstić information content (AvgIpc) is 3.42. The zero-order valence-electron chi connectivity index (χ0n) is 20.7. The van der Waals surface area contributed by atoms with Gasteiger partial charge in [-0.3, -0.25) is 24.0 Å². The number of pyridine rings is 1. The fourth-order valence-corrected chi connectivity index (χ4v) is 4.08. The van der Waals surface area contributed by atoms with Crippen LogP contribution in [0.15, 0.2) is 34.1 Å². The number of fused-ring (bicyclic) bond motifs is 2. The predicted molar refractivity (Wildman–Crippen MR) is 121 cm³/mol. The summed E-state index contributed by atoms with van der Waals surface area (Å²) in [6, 6.07) is 4.18. The van der Waals surface area contributed by atoms with Gasteiger partial charge in [0.25, 0.3) is 0 Å². The minimum Gasteiger partial charge on any atom is -0.475 e. The van der Waals surface area contributed by atoms with E-state index in [1.54, 1.807) is 17.0 Å². The number of carbonyl (C=O) groups is 2. The molecule has 1 unspecified atom stereocenters. The maximum Gasteiger partial charge on any atom is 0.490 e. The number of hydrogen-bond donors (Lipinski definition) is 2. The number of nitrogens with zero attached hydrogens (tertiary/aromatic N) is 5. The first-order chi connectivity index (χ1) is 17.9. The molecule has 39 heavy (non-hydrogen) atoms. The average molecular weight is 569 g/mol. The first-order valence-corrected chi connectivity index (χ1v) is 11.3. The standard InChI is InChI=1S/C18H23N5O2.2C2HF3O2/c1-13(2)21-8-5-18(12-21)6-9-22-15(24)16(25)23(20-17(18)22)11-14-4-3-7-19-10-14;2*3-2(4,5)1(6)7/h3-4,7,10,13H,5-6,8-9,11-12H2,1-2H3;2*(H,6,7). The molecule has 0 saturated carbocycles. The van der Waals surface area contributed by atoms with Gasteiger partial charge in [0, 0.05) is 36.9 Å². The third-order valence-corrected chi connectivity index (χ3v) is 6.08. The lowest BCUT2D eigenvalue weighted by molar-refractivity contribution is -0.193. The minimum absolute atomic E-state index is 0.103. The fraction of sp³-hybridized carbons (Fsp3) is 0.545. The Morgan fingerprint density at radius 1 is 1.00 bits per heavy atom. The van der Waals surface area contributed by atoms with E-state index in [1.807, 2.05) is 12.1 Å². The van der Waals surface area contributed by atoms with E-state index in [4.69, 9.17) is 19.8 Å². The molecule has 216 valence electrons. The van der Waals surface area contributed by atoms with Crippen LogP contribution in [0.25, 0.3) is 0 Å². The Hall–Kier alpha value is -3.76. The maximum atomic E-state index is 12.6. The summed E-state index contributed by atoms with van der Waals surface area (Å²) in [6.45, 7) is 7.17. The van der Waals surface area contributed by atoms with Gasteiger partial charge in [-0.1, -0.05) is 6.07 Å². The van der Waals surface area contributed by atoms with Gasteiger partial charge >= 0.3 is 35.4 Å². The van der Waals surface area contributed by atoms with Crippen LogP contribution >= 0.6 is 0 Å². The van der Waals surface area contributed by atoms with E-state index in [1.165, 1.54) is 4.68 Å². The van der Waals surface area contributed by atoms with Gasteiger partial charge in [0.15, 0.2) is 0 Å². The van der Waals surface area contributed by atoms with Crippen LogP contribution in [-0.2, 0) is 28.1 Å². The number of aromatic nitrogens is 4. The second-order valence-corrected chi connectivity index (χ2v) is 9.05. The Morgan fingerprint density at radius 2 is 1.54 bits per heavy atom. The van der Waals surface area contributed by atoms with Crippen LogP contribution in [0.2, 0.25) is 0 Å². The molecule has 1 fully saturated rings. The lowest BCUT2D eigenvalue weighted by atomic mass is 9.85. The van der Waals surface area contributed by atoms with Crippen molar-refractivity contribution in [1.82, 2.24) is 24.2 Å². The molecule has 2 aliphatic heterocycles. The van der Waals surface area contributed by atoms with Crippen molar-refractivity contribution in [2.24, 2.45) is 0 Å². The Kier molecular flexibility index (Phi) is 9.65. The van der Waals surface area contributed by atoms with Gasteiger partial charge in [0.1, 0.15) is 5.82 Å². The number of rotatable bonds is 3. The molecule has 0 amide bonds. The van der Waals surface area contributed by atoms with Gasteiger partial charge in [-0.05, 0) is 44.9 Å². The van der Waals surface area contributed by atoms with Gasteiger partial charge < -0.3 is 10.2 Å². The largest absolute Gasteiger partial charge is 0.490 e. The van der Waals surface area contributed by atoms with Crippen LogP contribution in [0.1, 0.15) is 38.1 Å². The summed E-state index contributed by atoms with van der Waals surface area (Å²) >= 11 is 0. The maximum absolute atomic E-state index is 12.6. The van der Waals surface area contributed by atoms with Crippen molar-refractivity contribution in [3.8, 4) is 0 Å². The van der Waals surface area contributed by atoms with Crippen molar-refractivity contribution >= 4 is 11.9 Å². The Balaban J connectivity index is 0.000000317. The first-order valence-electron chi connectivity index (χ1n) is 11.3. The van der Waals surface area contributed by atoms with Crippen LogP contribution in [0.5, 0.6) is 0 Å². The van der Waals surface area contributed by atoms with E-state index < -0.39 is 35.4 Å². The lowest BCUT2D eigenvalue weighted by Crippen LogP contribution is -2.45. The number of carboxylic acids is 2. The summed E-state index contributed by atoms with van der Waals surface area (Å²) in [5.74, 6) is -4.73. The number of hydrogen-bond acceptors (Lipinski definition) is 7. The molecule has 2 aromatic rings. The van der Waals surface area contributed by atoms with E-state index in [0.29, 0.717) is 12.6 Å². The van der Waals surface area contributed by atoms with Crippen LogP contribution in [0, 0.1) is 0 Å². The van der Waals surface area contributed by atoms with Gasteiger partial charge in [-0.15, -0.1) is 0 Å². The molecule has 11 nitrogen and oxygen atoms in total. The van der Waals surface area contributed by atoms with Gasteiger partial charge in [0.2, 0.25) is 0 Å². The second-order valence-electron chi connectivity index (χ2n) is 9.05. The smallest absolute Gasteiger partial charge is 0.475 e. The zero-order chi connectivity index (χ0) is 29.8. The number of aliphatic carboxylic acids is 2. The summed E-state index contributed by atoms with van der Waals surface area (Å²) in [6.07, 6.45) is -4.91. The highest BCUT2D eigenvalue weighted by Crippen LogP contribution is 2.40. The zero-order valence-corrected chi connectivity index (χ0v) is 20.7. The van der Waals surface area contributed by atoms with E-state index in [2.05, 4.69) is 28.8 Å². The number of carboxylic acid groups (broad SMARTS) is 2. The molecular weight excluding hydrogens is 544 g/mol. The van der Waals surface area contributed by atoms with Crippen molar-refractivity contribution in [3.63, 3.8) is 0 Å². The number of alkyl halides is 6. The van der Waals surface area contributed by atoms with Gasteiger partial charge in [-0.2, -0.15) is 31.4 Å². The number of halogens is 6. The molecule has 17 heteroatoms. The number of likely N-dealkylation sites (tertiary alicyclic amines) is 1. The summed E-state index contributed by atoms with van der Waals surface area (Å²) in [5, 5.41) is 18.9. The quantitative estimate of drug-likeness (QED) is 0.418. The van der Waals surface area contributed by atoms with Crippen LogP contribution in [0.4, 0.5) is 26.3 Å². The summed E-state index contributed by atoms with van der Waals surface area (Å²) < 4.78 is 66.4. The molecule has 0 radical (unpaired) electrons. The molecule has 2 N–H and O–H groups in total. The summed E-state index contributed by atoms with van der Waals surface area (Å²) in [5.41, 5.74) is -0.241. The molecular formula is C22H25F6N5O6. The van der Waals surface area contributed by atoms with Crippen molar-refractivity contribution in [1.29, 1.82) is 0 Å². The van der Waals surface area contributed by atoms with E-state index in [0.717, 1.165) is 37.3 Å². The van der Waals surface area contributed by atoms with Crippen LogP contribution in [-0.4, -0.2) is 77.9 Å². The molecule has 2 aliphatic rings. The molecule has 2 aromatic heterocycles. The topological polar surface area (TPSA) is 148 Å². The molecule has 0 aromatic carbocycles. The second kappa shape index (κ2) is 12.0. The highest BCUT2D eigenvalue weighted by molar-refractivity contribution is 5.73. The summed E-state index contributed by atoms with van der Waals surface area (Å²) in [7, 11) is 0. The van der Waals surface area contributed by atoms with Crippen LogP contribution in [0.3, 0.4) is 0 Å². The SMILES string of the molecule is CC(C)N1CCC2(CCn3c2nn(Cc2cccnc2)c(=O)c3=O)C1.O=C(O)C(F)(F)F.O=C(O)C(F)(F)F. The van der Waals surface area contributed by atoms with Gasteiger partial charge in [0.05, 0.1) is 6.54 Å². The van der Waals surface area contributed by atoms with Crippen LogP contribution < -0.4 is 11.1 Å². The molecule has 0 aliphatic carbocycles.